The van der Waals surface area contributed by atoms with Gasteiger partial charge in [0.2, 0.25) is 6.08 Å². The first-order valence-electron chi connectivity index (χ1n) is 3.64. The Morgan fingerprint density at radius 1 is 1.57 bits per heavy atom. The Morgan fingerprint density at radius 2 is 2.21 bits per heavy atom. The molecule has 0 radical (unpaired) electrons. The standard InChI is InChI=1S/C9H5ClFNO2/c1-5(14)6-2-9(12-4-13)8(11)3-7(6)10/h2-3H,1H3. The van der Waals surface area contributed by atoms with Crippen LogP contribution in [0.25, 0.3) is 0 Å². The third kappa shape index (κ3) is 2.05. The molecule has 0 aliphatic rings. The van der Waals surface area contributed by atoms with E-state index in [1.165, 1.54) is 13.0 Å². The molecule has 0 fully saturated rings. The molecule has 1 aromatic rings. The summed E-state index contributed by atoms with van der Waals surface area (Å²) in [5.41, 5.74) is -0.114. The van der Waals surface area contributed by atoms with Crippen LogP contribution in [-0.2, 0) is 4.79 Å². The van der Waals surface area contributed by atoms with E-state index in [2.05, 4.69) is 4.99 Å². The molecular weight excluding hydrogens is 209 g/mol. The zero-order valence-electron chi connectivity index (χ0n) is 7.17. The van der Waals surface area contributed by atoms with Gasteiger partial charge in [-0.05, 0) is 19.1 Å². The molecule has 0 aliphatic heterocycles. The number of nitrogens with zero attached hydrogens (tertiary/aromatic N) is 1. The lowest BCUT2D eigenvalue weighted by Gasteiger charge is -2.01. The van der Waals surface area contributed by atoms with Crippen molar-refractivity contribution in [2.45, 2.75) is 6.92 Å². The monoisotopic (exact) mass is 213 g/mol. The first-order valence-corrected chi connectivity index (χ1v) is 4.02. The zero-order chi connectivity index (χ0) is 10.7. The summed E-state index contributed by atoms with van der Waals surface area (Å²) in [6, 6.07) is 2.05. The van der Waals surface area contributed by atoms with Crippen LogP contribution < -0.4 is 0 Å². The minimum absolute atomic E-state index is 0.000140. The summed E-state index contributed by atoms with van der Waals surface area (Å²) in [5.74, 6) is -1.08. The topological polar surface area (TPSA) is 46.5 Å². The maximum atomic E-state index is 13.0. The summed E-state index contributed by atoms with van der Waals surface area (Å²) in [5, 5.41) is -0.000140. The number of carbonyl (C=O) groups excluding carboxylic acids is 2. The first-order chi connectivity index (χ1) is 6.56. The number of rotatable bonds is 2. The lowest BCUT2D eigenvalue weighted by atomic mass is 10.1. The number of ketones is 1. The molecule has 1 aromatic carbocycles. The van der Waals surface area contributed by atoms with Gasteiger partial charge in [0, 0.05) is 5.56 Å². The van der Waals surface area contributed by atoms with Crippen molar-refractivity contribution < 1.29 is 14.0 Å². The molecule has 0 bridgehead atoms. The molecule has 0 saturated heterocycles. The van der Waals surface area contributed by atoms with Crippen molar-refractivity contribution in [2.75, 3.05) is 0 Å². The van der Waals surface area contributed by atoms with Gasteiger partial charge in [0.15, 0.2) is 11.6 Å². The van der Waals surface area contributed by atoms with Gasteiger partial charge in [0.05, 0.1) is 5.02 Å². The van der Waals surface area contributed by atoms with Gasteiger partial charge in [-0.25, -0.2) is 9.18 Å². The third-order valence-electron chi connectivity index (χ3n) is 1.58. The fourth-order valence-electron chi connectivity index (χ4n) is 0.942. The van der Waals surface area contributed by atoms with E-state index in [0.717, 1.165) is 12.1 Å². The second kappa shape index (κ2) is 4.13. The zero-order valence-corrected chi connectivity index (χ0v) is 7.93. The van der Waals surface area contributed by atoms with Gasteiger partial charge in [-0.15, -0.1) is 0 Å². The Bertz CT molecular complexity index is 415. The minimum atomic E-state index is -0.761. The van der Waals surface area contributed by atoms with Crippen LogP contribution in [0, 0.1) is 5.82 Å². The molecule has 0 aromatic heterocycles. The number of Topliss-reactive ketones (excluding diaryl/α,β-unsaturated/α-hetero) is 1. The maximum Gasteiger partial charge on any atom is 0.240 e. The van der Waals surface area contributed by atoms with E-state index >= 15 is 0 Å². The van der Waals surface area contributed by atoms with Crippen molar-refractivity contribution in [2.24, 2.45) is 4.99 Å². The van der Waals surface area contributed by atoms with Crippen molar-refractivity contribution in [3.63, 3.8) is 0 Å². The second-order valence-electron chi connectivity index (χ2n) is 2.54. The maximum absolute atomic E-state index is 13.0. The molecule has 3 nitrogen and oxygen atoms in total. The number of hydrogen-bond donors (Lipinski definition) is 0. The van der Waals surface area contributed by atoms with Crippen LogP contribution in [0.3, 0.4) is 0 Å². The Balaban J connectivity index is 3.41. The second-order valence-corrected chi connectivity index (χ2v) is 2.95. The molecule has 0 N–H and O–H groups in total. The van der Waals surface area contributed by atoms with Crippen molar-refractivity contribution in [3.8, 4) is 0 Å². The van der Waals surface area contributed by atoms with Crippen LogP contribution in [-0.4, -0.2) is 11.9 Å². The highest BCUT2D eigenvalue weighted by molar-refractivity contribution is 6.34. The largest absolute Gasteiger partial charge is 0.294 e. The number of hydrogen-bond acceptors (Lipinski definition) is 3. The van der Waals surface area contributed by atoms with Crippen molar-refractivity contribution in [3.05, 3.63) is 28.5 Å². The summed E-state index contributed by atoms with van der Waals surface area (Å²) in [6.45, 7) is 1.29. The predicted molar refractivity (Wildman–Crippen MR) is 49.2 cm³/mol. The van der Waals surface area contributed by atoms with Gasteiger partial charge < -0.3 is 0 Å². The van der Waals surface area contributed by atoms with Crippen LogP contribution in [0.1, 0.15) is 17.3 Å². The predicted octanol–water partition coefficient (Wildman–Crippen LogP) is 2.65. The van der Waals surface area contributed by atoms with Gasteiger partial charge in [0.1, 0.15) is 5.69 Å². The molecule has 5 heteroatoms. The summed E-state index contributed by atoms with van der Waals surface area (Å²) in [6.07, 6.45) is 1.19. The van der Waals surface area contributed by atoms with Gasteiger partial charge in [-0.1, -0.05) is 11.6 Å². The lowest BCUT2D eigenvalue weighted by Crippen LogP contribution is -1.94. The molecule has 1 rings (SSSR count). The van der Waals surface area contributed by atoms with E-state index in [9.17, 15) is 14.0 Å². The quantitative estimate of drug-likeness (QED) is 0.431. The van der Waals surface area contributed by atoms with E-state index < -0.39 is 5.82 Å². The number of aliphatic imine (C=N–C) groups is 1. The molecule has 0 unspecified atom stereocenters. The normalized spacial score (nSPS) is 9.36. The highest BCUT2D eigenvalue weighted by Gasteiger charge is 2.11. The molecule has 72 valence electrons. The van der Waals surface area contributed by atoms with E-state index in [1.54, 1.807) is 0 Å². The average molecular weight is 214 g/mol. The van der Waals surface area contributed by atoms with Crippen LogP contribution in [0.15, 0.2) is 17.1 Å². The van der Waals surface area contributed by atoms with Crippen LogP contribution in [0.2, 0.25) is 5.02 Å². The SMILES string of the molecule is CC(=O)c1cc(N=C=O)c(F)cc1Cl. The summed E-state index contributed by atoms with van der Waals surface area (Å²) in [7, 11) is 0. The number of halogens is 2. The smallest absolute Gasteiger partial charge is 0.240 e. The molecule has 0 atom stereocenters. The molecule has 0 aliphatic carbocycles. The summed E-state index contributed by atoms with van der Waals surface area (Å²) < 4.78 is 13.0. The van der Waals surface area contributed by atoms with Gasteiger partial charge >= 0.3 is 0 Å². The highest BCUT2D eigenvalue weighted by atomic mass is 35.5. The van der Waals surface area contributed by atoms with Gasteiger partial charge in [0.25, 0.3) is 0 Å². The summed E-state index contributed by atoms with van der Waals surface area (Å²) >= 11 is 5.60. The van der Waals surface area contributed by atoms with Crippen molar-refractivity contribution in [1.82, 2.24) is 0 Å². The van der Waals surface area contributed by atoms with E-state index in [-0.39, 0.29) is 22.1 Å². The fourth-order valence-corrected chi connectivity index (χ4v) is 1.23. The van der Waals surface area contributed by atoms with E-state index in [0.29, 0.717) is 0 Å². The molecule has 14 heavy (non-hydrogen) atoms. The van der Waals surface area contributed by atoms with E-state index in [4.69, 9.17) is 11.6 Å². The fraction of sp³-hybridized carbons (Fsp3) is 0.111. The Hall–Kier alpha value is -1.51. The first kappa shape index (κ1) is 10.6. The summed E-state index contributed by atoms with van der Waals surface area (Å²) in [4.78, 5) is 24.0. The van der Waals surface area contributed by atoms with Crippen molar-refractivity contribution in [1.29, 1.82) is 0 Å². The molecule has 0 spiro atoms. The van der Waals surface area contributed by atoms with Gasteiger partial charge in [-0.2, -0.15) is 4.99 Å². The number of carbonyl (C=O) groups is 1. The number of benzene rings is 1. The Labute approximate surface area is 84.2 Å². The van der Waals surface area contributed by atoms with E-state index in [1.807, 2.05) is 0 Å². The molecule has 0 saturated carbocycles. The van der Waals surface area contributed by atoms with Crippen LogP contribution in [0.4, 0.5) is 10.1 Å². The Morgan fingerprint density at radius 3 is 2.71 bits per heavy atom. The van der Waals surface area contributed by atoms with Crippen LogP contribution >= 0.6 is 11.6 Å². The Kier molecular flexibility index (Phi) is 3.12. The van der Waals surface area contributed by atoms with Crippen molar-refractivity contribution >= 4 is 29.2 Å². The third-order valence-corrected chi connectivity index (χ3v) is 1.89. The minimum Gasteiger partial charge on any atom is -0.294 e. The average Bonchev–Trinajstić information content (AvgIpc) is 2.09. The molecule has 0 amide bonds. The molecular formula is C9H5ClFNO2. The lowest BCUT2D eigenvalue weighted by molar-refractivity contribution is 0.101. The van der Waals surface area contributed by atoms with Gasteiger partial charge in [-0.3, -0.25) is 4.79 Å². The molecule has 0 heterocycles. The number of isocyanates is 1. The highest BCUT2D eigenvalue weighted by Crippen LogP contribution is 2.26. The van der Waals surface area contributed by atoms with Crippen LogP contribution in [0.5, 0.6) is 0 Å².